The van der Waals surface area contributed by atoms with Gasteiger partial charge in [-0.1, -0.05) is 19.3 Å². The lowest BCUT2D eigenvalue weighted by Crippen LogP contribution is -2.51. The van der Waals surface area contributed by atoms with E-state index in [0.29, 0.717) is 44.8 Å². The highest BCUT2D eigenvalue weighted by atomic mass is 19.1. The fourth-order valence-corrected chi connectivity index (χ4v) is 4.28. The molecule has 1 aliphatic carbocycles. The highest BCUT2D eigenvalue weighted by molar-refractivity contribution is 5.92. The van der Waals surface area contributed by atoms with Crippen LogP contribution in [0.15, 0.2) is 24.3 Å². The summed E-state index contributed by atoms with van der Waals surface area (Å²) in [5, 5.41) is 2.78. The summed E-state index contributed by atoms with van der Waals surface area (Å²) in [6, 6.07) is 5.73. The number of carbonyl (C=O) groups is 2. The fourth-order valence-electron chi connectivity index (χ4n) is 4.28. The third kappa shape index (κ3) is 5.52. The summed E-state index contributed by atoms with van der Waals surface area (Å²) in [6.07, 6.45) is 6.24. The van der Waals surface area contributed by atoms with Gasteiger partial charge in [0.1, 0.15) is 5.82 Å². The number of halogens is 1. The van der Waals surface area contributed by atoms with Crippen molar-refractivity contribution in [2.24, 2.45) is 11.1 Å². The summed E-state index contributed by atoms with van der Waals surface area (Å²) in [5.74, 6) is -0.262. The van der Waals surface area contributed by atoms with Gasteiger partial charge >= 0.3 is 0 Å². The Labute approximate surface area is 166 Å². The van der Waals surface area contributed by atoms with Gasteiger partial charge in [0.15, 0.2) is 0 Å². The van der Waals surface area contributed by atoms with E-state index < -0.39 is 0 Å². The average Bonchev–Trinajstić information content (AvgIpc) is 2.71. The first-order chi connectivity index (χ1) is 13.5. The maximum Gasteiger partial charge on any atom is 0.238 e. The first-order valence-corrected chi connectivity index (χ1v) is 10.3. The van der Waals surface area contributed by atoms with Crippen LogP contribution >= 0.6 is 0 Å². The summed E-state index contributed by atoms with van der Waals surface area (Å²) in [4.78, 5) is 28.9. The number of nitrogens with zero attached hydrogens (tertiary/aromatic N) is 2. The lowest BCUT2D eigenvalue weighted by molar-refractivity contribution is -0.136. The molecule has 154 valence electrons. The van der Waals surface area contributed by atoms with E-state index in [9.17, 15) is 14.0 Å². The molecule has 3 rings (SSSR count). The molecule has 3 N–H and O–H groups in total. The largest absolute Gasteiger partial charge is 0.340 e. The molecular weight excluding hydrogens is 359 g/mol. The van der Waals surface area contributed by atoms with E-state index in [2.05, 4.69) is 5.32 Å². The van der Waals surface area contributed by atoms with Crippen molar-refractivity contribution in [3.63, 3.8) is 0 Å². The van der Waals surface area contributed by atoms with E-state index in [-0.39, 0.29) is 29.6 Å². The third-order valence-electron chi connectivity index (χ3n) is 6.09. The number of nitrogens with two attached hydrogens (primary N) is 1. The van der Waals surface area contributed by atoms with Gasteiger partial charge in [-0.25, -0.2) is 4.39 Å². The van der Waals surface area contributed by atoms with Gasteiger partial charge in [-0.15, -0.1) is 0 Å². The summed E-state index contributed by atoms with van der Waals surface area (Å²) < 4.78 is 12.9. The van der Waals surface area contributed by atoms with Crippen molar-refractivity contribution < 1.29 is 14.0 Å². The smallest absolute Gasteiger partial charge is 0.238 e. The quantitative estimate of drug-likeness (QED) is 0.781. The molecule has 0 bridgehead atoms. The summed E-state index contributed by atoms with van der Waals surface area (Å²) >= 11 is 0. The predicted molar refractivity (Wildman–Crippen MR) is 107 cm³/mol. The van der Waals surface area contributed by atoms with Gasteiger partial charge in [-0.05, 0) is 49.1 Å². The number of carbonyl (C=O) groups excluding carboxylic acids is 2. The molecule has 1 saturated heterocycles. The second-order valence-corrected chi connectivity index (χ2v) is 8.15. The van der Waals surface area contributed by atoms with Crippen LogP contribution in [0.3, 0.4) is 0 Å². The van der Waals surface area contributed by atoms with Crippen molar-refractivity contribution in [1.82, 2.24) is 9.80 Å². The molecule has 28 heavy (non-hydrogen) atoms. The zero-order chi connectivity index (χ0) is 20.0. The lowest BCUT2D eigenvalue weighted by atomic mass is 9.71. The van der Waals surface area contributed by atoms with Gasteiger partial charge in [0, 0.05) is 38.3 Å². The van der Waals surface area contributed by atoms with E-state index >= 15 is 0 Å². The maximum atomic E-state index is 12.9. The summed E-state index contributed by atoms with van der Waals surface area (Å²) in [6.45, 7) is 3.50. The molecule has 1 aromatic carbocycles. The molecule has 2 amide bonds. The fraction of sp³-hybridized carbons (Fsp3) is 0.619. The Morgan fingerprint density at radius 2 is 1.68 bits per heavy atom. The summed E-state index contributed by atoms with van der Waals surface area (Å²) in [5.41, 5.74) is 6.59. The molecular formula is C21H31FN4O2. The molecule has 2 aliphatic rings. The van der Waals surface area contributed by atoms with Crippen LogP contribution in [-0.2, 0) is 9.59 Å². The SMILES string of the molecule is NCC1(CC(=O)N2CCN(CC(=O)Nc3ccc(F)cc3)CC2)CCCCC1. The van der Waals surface area contributed by atoms with E-state index in [1.807, 2.05) is 9.80 Å². The van der Waals surface area contributed by atoms with Crippen LogP contribution in [0.2, 0.25) is 0 Å². The van der Waals surface area contributed by atoms with Gasteiger partial charge in [-0.2, -0.15) is 0 Å². The zero-order valence-corrected chi connectivity index (χ0v) is 16.5. The Morgan fingerprint density at radius 1 is 1.04 bits per heavy atom. The Morgan fingerprint density at radius 3 is 2.29 bits per heavy atom. The van der Waals surface area contributed by atoms with Gasteiger partial charge in [0.2, 0.25) is 11.8 Å². The minimum absolute atomic E-state index is 0.0124. The van der Waals surface area contributed by atoms with Gasteiger partial charge in [0.25, 0.3) is 0 Å². The number of piperazine rings is 1. The normalized spacial score (nSPS) is 20.0. The maximum absolute atomic E-state index is 12.9. The molecule has 1 heterocycles. The van der Waals surface area contributed by atoms with Crippen molar-refractivity contribution in [3.05, 3.63) is 30.1 Å². The first kappa shape index (κ1) is 20.7. The number of amides is 2. The first-order valence-electron chi connectivity index (χ1n) is 10.3. The van der Waals surface area contributed by atoms with Crippen LogP contribution in [0.5, 0.6) is 0 Å². The second kappa shape index (κ2) is 9.47. The number of anilines is 1. The lowest BCUT2D eigenvalue weighted by Gasteiger charge is -2.39. The van der Waals surface area contributed by atoms with Crippen molar-refractivity contribution in [2.75, 3.05) is 44.6 Å². The molecule has 0 unspecified atom stereocenters. The monoisotopic (exact) mass is 390 g/mol. The zero-order valence-electron chi connectivity index (χ0n) is 16.5. The average molecular weight is 391 g/mol. The minimum atomic E-state index is -0.330. The molecule has 1 saturated carbocycles. The van der Waals surface area contributed by atoms with Gasteiger partial charge in [0.05, 0.1) is 6.54 Å². The molecule has 6 nitrogen and oxygen atoms in total. The number of nitrogens with one attached hydrogen (secondary N) is 1. The number of benzene rings is 1. The van der Waals surface area contributed by atoms with Crippen LogP contribution in [0.1, 0.15) is 38.5 Å². The molecule has 1 aromatic rings. The van der Waals surface area contributed by atoms with Crippen LogP contribution in [-0.4, -0.2) is 60.9 Å². The third-order valence-corrected chi connectivity index (χ3v) is 6.09. The van der Waals surface area contributed by atoms with Crippen molar-refractivity contribution in [2.45, 2.75) is 38.5 Å². The summed E-state index contributed by atoms with van der Waals surface area (Å²) in [7, 11) is 0. The topological polar surface area (TPSA) is 78.7 Å². The molecule has 2 fully saturated rings. The minimum Gasteiger partial charge on any atom is -0.340 e. The number of hydrogen-bond acceptors (Lipinski definition) is 4. The highest BCUT2D eigenvalue weighted by Gasteiger charge is 2.35. The van der Waals surface area contributed by atoms with E-state index in [1.54, 1.807) is 12.1 Å². The Balaban J connectivity index is 1.42. The van der Waals surface area contributed by atoms with Crippen molar-refractivity contribution in [1.29, 1.82) is 0 Å². The highest BCUT2D eigenvalue weighted by Crippen LogP contribution is 2.38. The van der Waals surface area contributed by atoms with E-state index in [4.69, 9.17) is 5.73 Å². The van der Waals surface area contributed by atoms with Gasteiger partial charge < -0.3 is 16.0 Å². The van der Waals surface area contributed by atoms with Crippen LogP contribution in [0, 0.1) is 11.2 Å². The number of hydrogen-bond donors (Lipinski definition) is 2. The molecule has 0 spiro atoms. The molecule has 7 heteroatoms. The number of rotatable bonds is 6. The van der Waals surface area contributed by atoms with Gasteiger partial charge in [-0.3, -0.25) is 14.5 Å². The Kier molecular flexibility index (Phi) is 7.02. The van der Waals surface area contributed by atoms with Crippen LogP contribution in [0.4, 0.5) is 10.1 Å². The Bertz CT molecular complexity index is 665. The van der Waals surface area contributed by atoms with Crippen LogP contribution in [0.25, 0.3) is 0 Å². The molecule has 0 aromatic heterocycles. The van der Waals surface area contributed by atoms with Crippen molar-refractivity contribution >= 4 is 17.5 Å². The standard InChI is InChI=1S/C21H31FN4O2/c22-17-4-6-18(7-5-17)24-19(27)15-25-10-12-26(13-11-25)20(28)14-21(16-23)8-2-1-3-9-21/h4-7H,1-3,8-16,23H2,(H,24,27). The predicted octanol–water partition coefficient (Wildman–Crippen LogP) is 2.21. The van der Waals surface area contributed by atoms with E-state index in [1.165, 1.54) is 31.4 Å². The van der Waals surface area contributed by atoms with Crippen LogP contribution < -0.4 is 11.1 Å². The van der Waals surface area contributed by atoms with Crippen molar-refractivity contribution in [3.8, 4) is 0 Å². The molecule has 1 aliphatic heterocycles. The molecule has 0 atom stereocenters. The molecule has 0 radical (unpaired) electrons. The second-order valence-electron chi connectivity index (χ2n) is 8.15. The Hall–Kier alpha value is -1.99. The van der Waals surface area contributed by atoms with E-state index in [0.717, 1.165) is 12.8 Å².